The standard InChI is InChI=1S/C11H16O4/c1-6(12)14-10-5-8-3-4-9(10)11(8)15-7(2)13/h8-11H,3-5H2,1-2H3/t8-,9+,10+,11-/m1/s1. The van der Waals surface area contributed by atoms with Gasteiger partial charge in [-0.3, -0.25) is 9.59 Å². The van der Waals surface area contributed by atoms with E-state index in [1.807, 2.05) is 0 Å². The summed E-state index contributed by atoms with van der Waals surface area (Å²) in [7, 11) is 0. The van der Waals surface area contributed by atoms with Crippen molar-refractivity contribution >= 4 is 11.9 Å². The van der Waals surface area contributed by atoms with Crippen molar-refractivity contribution in [2.45, 2.75) is 45.3 Å². The van der Waals surface area contributed by atoms with E-state index in [9.17, 15) is 9.59 Å². The molecule has 4 atom stereocenters. The highest BCUT2D eigenvalue weighted by molar-refractivity contribution is 5.67. The first kappa shape index (κ1) is 10.5. The third-order valence-electron chi connectivity index (χ3n) is 3.39. The third kappa shape index (κ3) is 1.98. The molecule has 4 heteroatoms. The van der Waals surface area contributed by atoms with Crippen LogP contribution in [0.2, 0.25) is 0 Å². The first-order valence-corrected chi connectivity index (χ1v) is 5.42. The Bertz CT molecular complexity index is 286. The van der Waals surface area contributed by atoms with Crippen LogP contribution >= 0.6 is 0 Å². The second kappa shape index (κ2) is 3.83. The fraction of sp³-hybridized carbons (Fsp3) is 0.818. The molecule has 2 fully saturated rings. The molecule has 0 heterocycles. The van der Waals surface area contributed by atoms with Crippen LogP contribution in [0.3, 0.4) is 0 Å². The third-order valence-corrected chi connectivity index (χ3v) is 3.39. The van der Waals surface area contributed by atoms with Gasteiger partial charge in [-0.25, -0.2) is 0 Å². The van der Waals surface area contributed by atoms with Gasteiger partial charge in [0.05, 0.1) is 0 Å². The largest absolute Gasteiger partial charge is 0.462 e. The Morgan fingerprint density at radius 1 is 1.07 bits per heavy atom. The summed E-state index contributed by atoms with van der Waals surface area (Å²) >= 11 is 0. The summed E-state index contributed by atoms with van der Waals surface area (Å²) in [5.41, 5.74) is 0. The topological polar surface area (TPSA) is 52.6 Å². The first-order chi connectivity index (χ1) is 7.08. The second-order valence-corrected chi connectivity index (χ2v) is 4.46. The molecule has 2 aliphatic rings. The van der Waals surface area contributed by atoms with Crippen LogP contribution in [0.15, 0.2) is 0 Å². The quantitative estimate of drug-likeness (QED) is 0.647. The summed E-state index contributed by atoms with van der Waals surface area (Å²) < 4.78 is 10.5. The maximum absolute atomic E-state index is 10.9. The summed E-state index contributed by atoms with van der Waals surface area (Å²) in [6.07, 6.45) is 2.88. The van der Waals surface area contributed by atoms with Crippen LogP contribution in [0.25, 0.3) is 0 Å². The molecule has 0 aromatic heterocycles. The van der Waals surface area contributed by atoms with Crippen molar-refractivity contribution < 1.29 is 19.1 Å². The lowest BCUT2D eigenvalue weighted by molar-refractivity contribution is -0.152. The first-order valence-electron chi connectivity index (χ1n) is 5.42. The van der Waals surface area contributed by atoms with Crippen LogP contribution in [-0.4, -0.2) is 24.1 Å². The van der Waals surface area contributed by atoms with Gasteiger partial charge < -0.3 is 9.47 Å². The zero-order valence-corrected chi connectivity index (χ0v) is 9.06. The van der Waals surface area contributed by atoms with Gasteiger partial charge >= 0.3 is 11.9 Å². The van der Waals surface area contributed by atoms with Crippen molar-refractivity contribution in [3.8, 4) is 0 Å². The average molecular weight is 212 g/mol. The zero-order valence-electron chi connectivity index (χ0n) is 9.06. The Balaban J connectivity index is 1.99. The van der Waals surface area contributed by atoms with Gasteiger partial charge in [-0.15, -0.1) is 0 Å². The molecular formula is C11H16O4. The minimum absolute atomic E-state index is 0.0214. The molecule has 0 unspecified atom stereocenters. The van der Waals surface area contributed by atoms with Crippen LogP contribution < -0.4 is 0 Å². The Morgan fingerprint density at radius 3 is 2.33 bits per heavy atom. The normalized spacial score (nSPS) is 37.7. The summed E-state index contributed by atoms with van der Waals surface area (Å²) in [5, 5.41) is 0. The Hall–Kier alpha value is -1.06. The van der Waals surface area contributed by atoms with E-state index in [-0.39, 0.29) is 30.1 Å². The Labute approximate surface area is 88.9 Å². The van der Waals surface area contributed by atoms with Gasteiger partial charge in [-0.05, 0) is 25.2 Å². The highest BCUT2D eigenvalue weighted by Gasteiger charge is 2.51. The van der Waals surface area contributed by atoms with Gasteiger partial charge in [0.15, 0.2) is 0 Å². The van der Waals surface area contributed by atoms with E-state index >= 15 is 0 Å². The minimum Gasteiger partial charge on any atom is -0.462 e. The molecular weight excluding hydrogens is 196 g/mol. The van der Waals surface area contributed by atoms with Crippen molar-refractivity contribution in [2.75, 3.05) is 0 Å². The molecule has 15 heavy (non-hydrogen) atoms. The van der Waals surface area contributed by atoms with Crippen LogP contribution in [0.1, 0.15) is 33.1 Å². The van der Waals surface area contributed by atoms with Gasteiger partial charge in [0.2, 0.25) is 0 Å². The zero-order chi connectivity index (χ0) is 11.0. The monoisotopic (exact) mass is 212 g/mol. The summed E-state index contributed by atoms with van der Waals surface area (Å²) in [4.78, 5) is 21.8. The van der Waals surface area contributed by atoms with Gasteiger partial charge in [0, 0.05) is 19.8 Å². The van der Waals surface area contributed by atoms with E-state index in [1.165, 1.54) is 13.8 Å². The van der Waals surface area contributed by atoms with E-state index in [0.29, 0.717) is 5.92 Å². The van der Waals surface area contributed by atoms with Crippen molar-refractivity contribution in [3.63, 3.8) is 0 Å². The molecule has 2 aliphatic carbocycles. The lowest BCUT2D eigenvalue weighted by Gasteiger charge is -2.21. The summed E-state index contributed by atoms with van der Waals surface area (Å²) in [6, 6.07) is 0. The molecule has 2 rings (SSSR count). The molecule has 0 N–H and O–H groups in total. The lowest BCUT2D eigenvalue weighted by Crippen LogP contribution is -2.27. The molecule has 2 bridgehead atoms. The van der Waals surface area contributed by atoms with E-state index < -0.39 is 0 Å². The molecule has 0 amide bonds. The predicted molar refractivity (Wildman–Crippen MR) is 51.9 cm³/mol. The number of carbonyl (C=O) groups is 2. The van der Waals surface area contributed by atoms with E-state index in [2.05, 4.69) is 0 Å². The second-order valence-electron chi connectivity index (χ2n) is 4.46. The van der Waals surface area contributed by atoms with Crippen molar-refractivity contribution in [3.05, 3.63) is 0 Å². The Kier molecular flexibility index (Phi) is 2.67. The number of carbonyl (C=O) groups excluding carboxylic acids is 2. The molecule has 2 saturated carbocycles. The lowest BCUT2D eigenvalue weighted by atomic mass is 9.98. The molecule has 0 aromatic rings. The van der Waals surface area contributed by atoms with Crippen LogP contribution in [0.5, 0.6) is 0 Å². The van der Waals surface area contributed by atoms with Crippen molar-refractivity contribution in [1.82, 2.24) is 0 Å². The molecule has 84 valence electrons. The molecule has 0 radical (unpaired) electrons. The van der Waals surface area contributed by atoms with Gasteiger partial charge in [0.1, 0.15) is 12.2 Å². The number of hydrogen-bond donors (Lipinski definition) is 0. The van der Waals surface area contributed by atoms with Crippen molar-refractivity contribution in [2.24, 2.45) is 11.8 Å². The van der Waals surface area contributed by atoms with Gasteiger partial charge in [-0.2, -0.15) is 0 Å². The maximum atomic E-state index is 10.9. The number of rotatable bonds is 2. The Morgan fingerprint density at radius 2 is 1.73 bits per heavy atom. The SMILES string of the molecule is CC(=O)O[C@@H]1[C@@H]2CC[C@H]1[C@@H](OC(C)=O)C2. The number of fused-ring (bicyclic) bond motifs is 2. The predicted octanol–water partition coefficient (Wildman–Crippen LogP) is 1.28. The van der Waals surface area contributed by atoms with Crippen LogP contribution in [0, 0.1) is 11.8 Å². The fourth-order valence-electron chi connectivity index (χ4n) is 2.93. The molecule has 0 aromatic carbocycles. The number of hydrogen-bond acceptors (Lipinski definition) is 4. The summed E-state index contributed by atoms with van der Waals surface area (Å²) in [5.74, 6) is 0.139. The number of esters is 2. The number of ether oxygens (including phenoxy) is 2. The maximum Gasteiger partial charge on any atom is 0.302 e. The van der Waals surface area contributed by atoms with Crippen LogP contribution in [-0.2, 0) is 19.1 Å². The van der Waals surface area contributed by atoms with Crippen LogP contribution in [0.4, 0.5) is 0 Å². The summed E-state index contributed by atoms with van der Waals surface area (Å²) in [6.45, 7) is 2.85. The van der Waals surface area contributed by atoms with Gasteiger partial charge in [-0.1, -0.05) is 0 Å². The van der Waals surface area contributed by atoms with Crippen molar-refractivity contribution in [1.29, 1.82) is 0 Å². The molecule has 0 spiro atoms. The molecule has 0 saturated heterocycles. The molecule has 4 nitrogen and oxygen atoms in total. The smallest absolute Gasteiger partial charge is 0.302 e. The highest BCUT2D eigenvalue weighted by Crippen LogP contribution is 2.47. The minimum atomic E-state index is -0.242. The highest BCUT2D eigenvalue weighted by atomic mass is 16.6. The van der Waals surface area contributed by atoms with E-state index in [1.54, 1.807) is 0 Å². The molecule has 0 aliphatic heterocycles. The van der Waals surface area contributed by atoms with E-state index in [4.69, 9.17) is 9.47 Å². The average Bonchev–Trinajstić information content (AvgIpc) is 2.60. The fourth-order valence-corrected chi connectivity index (χ4v) is 2.93. The van der Waals surface area contributed by atoms with Gasteiger partial charge in [0.25, 0.3) is 0 Å². The van der Waals surface area contributed by atoms with E-state index in [0.717, 1.165) is 19.3 Å².